The topological polar surface area (TPSA) is 71.3 Å². The number of anilines is 2. The van der Waals surface area contributed by atoms with Crippen molar-refractivity contribution in [3.05, 3.63) is 36.2 Å². The first-order valence-corrected chi connectivity index (χ1v) is 14.2. The maximum atomic E-state index is 14.1. The molecule has 216 valence electrons. The Labute approximate surface area is 230 Å². The number of nitrogens with one attached hydrogen (secondary N) is 1. The quantitative estimate of drug-likeness (QED) is 0.393. The molecule has 2 aromatic heterocycles. The van der Waals surface area contributed by atoms with Gasteiger partial charge in [-0.1, -0.05) is 12.1 Å². The summed E-state index contributed by atoms with van der Waals surface area (Å²) >= 11 is 0. The summed E-state index contributed by atoms with van der Waals surface area (Å²) in [6, 6.07) is 9.03. The highest BCUT2D eigenvalue weighted by atomic mass is 19.3. The van der Waals surface area contributed by atoms with Gasteiger partial charge in [0.2, 0.25) is 11.9 Å². The van der Waals surface area contributed by atoms with Gasteiger partial charge in [-0.3, -0.25) is 4.57 Å². The molecule has 1 saturated carbocycles. The number of likely N-dealkylation sites (tertiary alicyclic amines) is 1. The predicted octanol–water partition coefficient (Wildman–Crippen LogP) is 5.29. The van der Waals surface area contributed by atoms with Gasteiger partial charge in [-0.25, -0.2) is 22.5 Å². The lowest BCUT2D eigenvalue weighted by Gasteiger charge is -2.40. The Bertz CT molecular complexity index is 1300. The van der Waals surface area contributed by atoms with Gasteiger partial charge in [0, 0.05) is 44.6 Å². The summed E-state index contributed by atoms with van der Waals surface area (Å²) in [5.41, 5.74) is 1.04. The maximum Gasteiger partial charge on any atom is 0.296 e. The average Bonchev–Trinajstić information content (AvgIpc) is 3.37. The number of morpholine rings is 1. The summed E-state index contributed by atoms with van der Waals surface area (Å²) in [5.74, 6) is -1.11. The van der Waals surface area contributed by atoms with E-state index in [1.54, 1.807) is 30.3 Å². The Balaban J connectivity index is 1.20. The number of nitrogens with zero attached hydrogens (tertiary/aromatic N) is 6. The minimum atomic E-state index is -2.77. The molecule has 1 aromatic carbocycles. The lowest BCUT2D eigenvalue weighted by atomic mass is 9.88. The lowest BCUT2D eigenvalue weighted by molar-refractivity contribution is -0.0565. The highest BCUT2D eigenvalue weighted by Crippen LogP contribution is 2.36. The molecule has 0 amide bonds. The molecule has 0 atom stereocenters. The van der Waals surface area contributed by atoms with E-state index in [1.165, 1.54) is 4.57 Å². The number of hydrogen-bond donors (Lipinski definition) is 1. The molecule has 0 unspecified atom stereocenters. The normalized spacial score (nSPS) is 21.4. The molecule has 2 aliphatic heterocycles. The third kappa shape index (κ3) is 5.88. The van der Waals surface area contributed by atoms with Gasteiger partial charge >= 0.3 is 0 Å². The largest absolute Gasteiger partial charge is 0.378 e. The summed E-state index contributed by atoms with van der Waals surface area (Å²) in [7, 11) is 0. The molecular weight excluding hydrogens is 526 g/mol. The van der Waals surface area contributed by atoms with Crippen LogP contribution in [0.5, 0.6) is 0 Å². The molecule has 3 aromatic rings. The van der Waals surface area contributed by atoms with E-state index >= 15 is 0 Å². The summed E-state index contributed by atoms with van der Waals surface area (Å²) in [5, 5.41) is 3.38. The summed E-state index contributed by atoms with van der Waals surface area (Å²) in [6.45, 7) is 4.85. The highest BCUT2D eigenvalue weighted by Gasteiger charge is 2.37. The highest BCUT2D eigenvalue weighted by molar-refractivity contribution is 5.78. The molecule has 0 radical (unpaired) electrons. The standard InChI is InChI=1S/C28H35F4N7O/c29-25(30)26-34-21-3-1-2-4-22(21)39(26)24-17-23(38-13-15-40-16-14-38)35-27(36-24)33-18-19-7-11-37(12-8-19)20-5-9-28(31,32)10-6-20/h1-4,17,19-20,25H,5-16,18H2,(H,33,35,36). The fraction of sp³-hybridized carbons (Fsp3) is 0.607. The van der Waals surface area contributed by atoms with Crippen molar-refractivity contribution < 1.29 is 22.3 Å². The minimum Gasteiger partial charge on any atom is -0.378 e. The Morgan fingerprint density at radius 1 is 0.925 bits per heavy atom. The molecule has 2 saturated heterocycles. The molecular formula is C28H35F4N7O. The van der Waals surface area contributed by atoms with Crippen LogP contribution in [-0.4, -0.2) is 82.3 Å². The van der Waals surface area contributed by atoms with E-state index in [4.69, 9.17) is 9.72 Å². The van der Waals surface area contributed by atoms with Crippen LogP contribution in [-0.2, 0) is 4.74 Å². The first-order valence-electron chi connectivity index (χ1n) is 14.2. The Kier molecular flexibility index (Phi) is 7.80. The Morgan fingerprint density at radius 3 is 2.35 bits per heavy atom. The van der Waals surface area contributed by atoms with Gasteiger partial charge in [-0.05, 0) is 56.8 Å². The van der Waals surface area contributed by atoms with Crippen molar-refractivity contribution in [3.63, 3.8) is 0 Å². The molecule has 40 heavy (non-hydrogen) atoms. The Morgan fingerprint density at radius 2 is 1.62 bits per heavy atom. The first kappa shape index (κ1) is 27.2. The zero-order chi connectivity index (χ0) is 27.7. The van der Waals surface area contributed by atoms with Gasteiger partial charge < -0.3 is 19.9 Å². The summed E-state index contributed by atoms with van der Waals surface area (Å²) < 4.78 is 62.3. The van der Waals surface area contributed by atoms with Crippen LogP contribution in [0.3, 0.4) is 0 Å². The van der Waals surface area contributed by atoms with Crippen molar-refractivity contribution in [3.8, 4) is 5.82 Å². The van der Waals surface area contributed by atoms with E-state index in [2.05, 4.69) is 25.1 Å². The van der Waals surface area contributed by atoms with E-state index < -0.39 is 12.3 Å². The van der Waals surface area contributed by atoms with Gasteiger partial charge in [0.1, 0.15) is 11.6 Å². The number of fused-ring (bicyclic) bond motifs is 1. The Hall–Kier alpha value is -2.99. The third-order valence-corrected chi connectivity index (χ3v) is 8.45. The number of para-hydroxylation sites is 2. The number of ether oxygens (including phenoxy) is 1. The van der Waals surface area contributed by atoms with E-state index in [0.717, 1.165) is 25.9 Å². The van der Waals surface area contributed by atoms with Crippen LogP contribution >= 0.6 is 0 Å². The van der Waals surface area contributed by atoms with E-state index in [1.807, 2.05) is 0 Å². The number of benzene rings is 1. The van der Waals surface area contributed by atoms with Crippen LogP contribution in [0.1, 0.15) is 50.8 Å². The molecule has 0 bridgehead atoms. The van der Waals surface area contributed by atoms with Crippen LogP contribution in [0.25, 0.3) is 16.9 Å². The fourth-order valence-corrected chi connectivity index (χ4v) is 6.15. The molecule has 3 fully saturated rings. The van der Waals surface area contributed by atoms with E-state index in [0.29, 0.717) is 80.2 Å². The van der Waals surface area contributed by atoms with Gasteiger partial charge in [-0.2, -0.15) is 9.97 Å². The second-order valence-corrected chi connectivity index (χ2v) is 11.0. The molecule has 1 aliphatic carbocycles. The number of piperidine rings is 1. The van der Waals surface area contributed by atoms with Gasteiger partial charge in [0.15, 0.2) is 5.82 Å². The van der Waals surface area contributed by atoms with Gasteiger partial charge in [0.05, 0.1) is 24.2 Å². The number of imidazole rings is 1. The molecule has 4 heterocycles. The molecule has 12 heteroatoms. The fourth-order valence-electron chi connectivity index (χ4n) is 6.15. The third-order valence-electron chi connectivity index (χ3n) is 8.45. The molecule has 0 spiro atoms. The molecule has 1 N–H and O–H groups in total. The van der Waals surface area contributed by atoms with E-state index in [-0.39, 0.29) is 24.7 Å². The van der Waals surface area contributed by atoms with Crippen molar-refractivity contribution in [1.29, 1.82) is 0 Å². The summed E-state index contributed by atoms with van der Waals surface area (Å²) in [6.07, 6.45) is 0.228. The van der Waals surface area contributed by atoms with Crippen LogP contribution in [0.4, 0.5) is 29.3 Å². The number of hydrogen-bond acceptors (Lipinski definition) is 7. The number of halogens is 4. The molecule has 3 aliphatic rings. The number of alkyl halides is 4. The smallest absolute Gasteiger partial charge is 0.296 e. The first-order chi connectivity index (χ1) is 19.4. The maximum absolute atomic E-state index is 14.1. The average molecular weight is 562 g/mol. The zero-order valence-electron chi connectivity index (χ0n) is 22.4. The SMILES string of the molecule is FC(F)c1nc2ccccc2n1-c1cc(N2CCOCC2)nc(NCC2CCN(C3CCC(F)(F)CC3)CC2)n1. The number of aromatic nitrogens is 4. The summed E-state index contributed by atoms with van der Waals surface area (Å²) in [4.78, 5) is 18.1. The second kappa shape index (κ2) is 11.5. The van der Waals surface area contributed by atoms with E-state index in [9.17, 15) is 17.6 Å². The van der Waals surface area contributed by atoms with Crippen LogP contribution in [0.2, 0.25) is 0 Å². The minimum absolute atomic E-state index is 0.0161. The lowest BCUT2D eigenvalue weighted by Crippen LogP contribution is -2.45. The van der Waals surface area contributed by atoms with Crippen LogP contribution in [0.15, 0.2) is 30.3 Å². The van der Waals surface area contributed by atoms with Crippen molar-refractivity contribution in [2.45, 2.75) is 56.9 Å². The van der Waals surface area contributed by atoms with Gasteiger partial charge in [0.25, 0.3) is 6.43 Å². The van der Waals surface area contributed by atoms with Crippen molar-refractivity contribution in [1.82, 2.24) is 24.4 Å². The van der Waals surface area contributed by atoms with Crippen molar-refractivity contribution in [2.75, 3.05) is 56.2 Å². The number of rotatable bonds is 7. The second-order valence-electron chi connectivity index (χ2n) is 11.0. The monoisotopic (exact) mass is 561 g/mol. The van der Waals surface area contributed by atoms with Crippen LogP contribution in [0, 0.1) is 5.92 Å². The zero-order valence-corrected chi connectivity index (χ0v) is 22.4. The van der Waals surface area contributed by atoms with Crippen molar-refractivity contribution >= 4 is 22.8 Å². The molecule has 6 rings (SSSR count). The van der Waals surface area contributed by atoms with Crippen LogP contribution < -0.4 is 10.2 Å². The molecule has 8 nitrogen and oxygen atoms in total. The van der Waals surface area contributed by atoms with Gasteiger partial charge in [-0.15, -0.1) is 0 Å². The van der Waals surface area contributed by atoms with Crippen molar-refractivity contribution in [2.24, 2.45) is 5.92 Å². The predicted molar refractivity (Wildman–Crippen MR) is 145 cm³/mol.